The van der Waals surface area contributed by atoms with Crippen molar-refractivity contribution in [3.63, 3.8) is 0 Å². The largest absolute Gasteiger partial charge is 0.340 e. The molecule has 1 aliphatic heterocycles. The third-order valence-electron chi connectivity index (χ3n) is 4.65. The molecule has 1 saturated heterocycles. The molecule has 0 saturated carbocycles. The number of hydrogen-bond acceptors (Lipinski definition) is 2. The maximum atomic E-state index is 12.6. The van der Waals surface area contributed by atoms with Gasteiger partial charge < -0.3 is 14.4 Å². The van der Waals surface area contributed by atoms with Crippen molar-refractivity contribution in [2.24, 2.45) is 0 Å². The van der Waals surface area contributed by atoms with Crippen LogP contribution >= 0.6 is 0 Å². The van der Waals surface area contributed by atoms with Gasteiger partial charge in [-0.3, -0.25) is 4.79 Å². The molecule has 1 aromatic heterocycles. The molecule has 0 atom stereocenters. The molecule has 1 aromatic carbocycles. The van der Waals surface area contributed by atoms with Crippen LogP contribution in [0.25, 0.3) is 5.69 Å². The van der Waals surface area contributed by atoms with E-state index in [2.05, 4.69) is 47.6 Å². The molecule has 2 aromatic rings. The average molecular weight is 311 g/mol. The quantitative estimate of drug-likeness (QED) is 0.868. The second-order valence-corrected chi connectivity index (χ2v) is 6.20. The van der Waals surface area contributed by atoms with E-state index in [1.54, 1.807) is 0 Å². The molecule has 4 nitrogen and oxygen atoms in total. The van der Waals surface area contributed by atoms with Crippen molar-refractivity contribution in [2.75, 3.05) is 32.7 Å². The molecule has 2 heterocycles. The molecule has 3 rings (SSSR count). The first-order valence-electron chi connectivity index (χ1n) is 8.41. The highest BCUT2D eigenvalue weighted by atomic mass is 16.2. The van der Waals surface area contributed by atoms with Crippen molar-refractivity contribution in [1.82, 2.24) is 14.4 Å². The van der Waals surface area contributed by atoms with Crippen LogP contribution in [0, 0.1) is 6.92 Å². The predicted molar refractivity (Wildman–Crippen MR) is 92.9 cm³/mol. The van der Waals surface area contributed by atoms with E-state index >= 15 is 0 Å². The van der Waals surface area contributed by atoms with Crippen LogP contribution in [0.4, 0.5) is 0 Å². The summed E-state index contributed by atoms with van der Waals surface area (Å²) in [4.78, 5) is 17.0. The fourth-order valence-corrected chi connectivity index (χ4v) is 3.10. The second-order valence-electron chi connectivity index (χ2n) is 6.20. The lowest BCUT2D eigenvalue weighted by Gasteiger charge is -2.34. The van der Waals surface area contributed by atoms with Gasteiger partial charge >= 0.3 is 0 Å². The number of rotatable bonds is 4. The molecule has 122 valence electrons. The number of carbonyl (C=O) groups excluding carboxylic acids is 1. The highest BCUT2D eigenvalue weighted by Crippen LogP contribution is 2.15. The van der Waals surface area contributed by atoms with Gasteiger partial charge in [-0.25, -0.2) is 0 Å². The number of nitrogens with zero attached hydrogens (tertiary/aromatic N) is 3. The van der Waals surface area contributed by atoms with Crippen LogP contribution in [0.5, 0.6) is 0 Å². The van der Waals surface area contributed by atoms with Gasteiger partial charge in [0.2, 0.25) is 5.91 Å². The Hall–Kier alpha value is -2.07. The molecule has 1 fully saturated rings. The fraction of sp³-hybridized carbons (Fsp3) is 0.421. The molecule has 0 aliphatic carbocycles. The third kappa shape index (κ3) is 3.64. The predicted octanol–water partition coefficient (Wildman–Crippen LogP) is 2.49. The first-order valence-corrected chi connectivity index (χ1v) is 8.41. The minimum atomic E-state index is 0.229. The van der Waals surface area contributed by atoms with Crippen LogP contribution in [0.2, 0.25) is 0 Å². The van der Waals surface area contributed by atoms with E-state index in [9.17, 15) is 4.79 Å². The Morgan fingerprint density at radius 2 is 1.74 bits per heavy atom. The van der Waals surface area contributed by atoms with Crippen molar-refractivity contribution in [2.45, 2.75) is 20.3 Å². The fourth-order valence-electron chi connectivity index (χ4n) is 3.10. The van der Waals surface area contributed by atoms with Crippen LogP contribution in [0.3, 0.4) is 0 Å². The van der Waals surface area contributed by atoms with Gasteiger partial charge in [0.05, 0.1) is 6.42 Å². The van der Waals surface area contributed by atoms with Gasteiger partial charge in [0.25, 0.3) is 0 Å². The molecule has 0 unspecified atom stereocenters. The lowest BCUT2D eigenvalue weighted by Crippen LogP contribution is -2.49. The van der Waals surface area contributed by atoms with Gasteiger partial charge in [0.1, 0.15) is 0 Å². The van der Waals surface area contributed by atoms with Crippen molar-refractivity contribution in [1.29, 1.82) is 0 Å². The summed E-state index contributed by atoms with van der Waals surface area (Å²) in [5.74, 6) is 0.229. The van der Waals surface area contributed by atoms with Crippen molar-refractivity contribution in [3.05, 3.63) is 53.9 Å². The van der Waals surface area contributed by atoms with Crippen LogP contribution < -0.4 is 0 Å². The zero-order valence-electron chi connectivity index (χ0n) is 14.0. The van der Waals surface area contributed by atoms with Crippen LogP contribution in [0.15, 0.2) is 42.6 Å². The van der Waals surface area contributed by atoms with Crippen molar-refractivity contribution >= 4 is 5.91 Å². The van der Waals surface area contributed by atoms with Crippen molar-refractivity contribution in [3.8, 4) is 5.69 Å². The van der Waals surface area contributed by atoms with Crippen LogP contribution in [-0.4, -0.2) is 53.0 Å². The molecule has 0 spiro atoms. The van der Waals surface area contributed by atoms with Gasteiger partial charge in [0, 0.05) is 43.8 Å². The van der Waals surface area contributed by atoms with E-state index in [1.807, 2.05) is 23.2 Å². The zero-order chi connectivity index (χ0) is 16.2. The van der Waals surface area contributed by atoms with E-state index < -0.39 is 0 Å². The molecule has 23 heavy (non-hydrogen) atoms. The molecule has 0 radical (unpaired) electrons. The minimum absolute atomic E-state index is 0.229. The van der Waals surface area contributed by atoms with Gasteiger partial charge in [-0.2, -0.15) is 0 Å². The Kier molecular flexibility index (Phi) is 4.82. The summed E-state index contributed by atoms with van der Waals surface area (Å²) >= 11 is 0. The summed E-state index contributed by atoms with van der Waals surface area (Å²) < 4.78 is 2.11. The van der Waals surface area contributed by atoms with Crippen molar-refractivity contribution < 1.29 is 4.79 Å². The summed E-state index contributed by atoms with van der Waals surface area (Å²) in [7, 11) is 0. The van der Waals surface area contributed by atoms with E-state index in [0.717, 1.165) is 44.1 Å². The number of aryl methyl sites for hydroxylation is 1. The summed E-state index contributed by atoms with van der Waals surface area (Å²) in [5, 5.41) is 0. The number of amides is 1. The standard InChI is InChI=1S/C19H25N3O/c1-3-20-11-13-21(14-12-20)19(23)15-18-5-4-10-22(18)17-8-6-16(2)7-9-17/h4-10H,3,11-15H2,1-2H3. The molecule has 1 amide bonds. The molecule has 0 bridgehead atoms. The Bertz CT molecular complexity index is 652. The minimum Gasteiger partial charge on any atom is -0.340 e. The number of hydrogen-bond donors (Lipinski definition) is 0. The van der Waals surface area contributed by atoms with E-state index in [-0.39, 0.29) is 5.91 Å². The summed E-state index contributed by atoms with van der Waals surface area (Å²) in [6.45, 7) is 8.99. The third-order valence-corrected chi connectivity index (χ3v) is 4.65. The first kappa shape index (κ1) is 15.8. The monoisotopic (exact) mass is 311 g/mol. The van der Waals surface area contributed by atoms with Gasteiger partial charge in [-0.05, 0) is 37.7 Å². The number of piperazine rings is 1. The second kappa shape index (κ2) is 7.01. The Balaban J connectivity index is 1.68. The number of aromatic nitrogens is 1. The summed E-state index contributed by atoms with van der Waals surface area (Å²) in [6, 6.07) is 12.5. The van der Waals surface area contributed by atoms with Gasteiger partial charge in [0.15, 0.2) is 0 Å². The normalized spacial score (nSPS) is 15.8. The average Bonchev–Trinajstić information content (AvgIpc) is 3.03. The van der Waals surface area contributed by atoms with Crippen LogP contribution in [-0.2, 0) is 11.2 Å². The highest BCUT2D eigenvalue weighted by molar-refractivity contribution is 5.78. The first-order chi connectivity index (χ1) is 11.2. The van der Waals surface area contributed by atoms with Crippen LogP contribution in [0.1, 0.15) is 18.2 Å². The topological polar surface area (TPSA) is 28.5 Å². The number of likely N-dealkylation sites (N-methyl/N-ethyl adjacent to an activating group) is 1. The number of benzene rings is 1. The lowest BCUT2D eigenvalue weighted by molar-refractivity contribution is -0.132. The van der Waals surface area contributed by atoms with E-state index in [0.29, 0.717) is 6.42 Å². The highest BCUT2D eigenvalue weighted by Gasteiger charge is 2.21. The van der Waals surface area contributed by atoms with Gasteiger partial charge in [-0.1, -0.05) is 24.6 Å². The van der Waals surface area contributed by atoms with Gasteiger partial charge in [-0.15, -0.1) is 0 Å². The molecular formula is C19H25N3O. The van der Waals surface area contributed by atoms with E-state index in [4.69, 9.17) is 0 Å². The zero-order valence-corrected chi connectivity index (χ0v) is 14.0. The summed E-state index contributed by atoms with van der Waals surface area (Å²) in [5.41, 5.74) is 3.41. The Morgan fingerprint density at radius 1 is 1.04 bits per heavy atom. The molecule has 4 heteroatoms. The molecular weight excluding hydrogens is 286 g/mol. The smallest absolute Gasteiger partial charge is 0.228 e. The Labute approximate surface area is 138 Å². The SMILES string of the molecule is CCN1CCN(C(=O)Cc2cccn2-c2ccc(C)cc2)CC1. The van der Waals surface area contributed by atoms with E-state index in [1.165, 1.54) is 5.56 Å². The lowest BCUT2D eigenvalue weighted by atomic mass is 10.2. The maximum absolute atomic E-state index is 12.6. The summed E-state index contributed by atoms with van der Waals surface area (Å²) in [6.07, 6.45) is 2.50. The Morgan fingerprint density at radius 3 is 2.39 bits per heavy atom. The number of carbonyl (C=O) groups is 1. The molecule has 0 N–H and O–H groups in total. The molecule has 1 aliphatic rings. The maximum Gasteiger partial charge on any atom is 0.228 e.